The summed E-state index contributed by atoms with van der Waals surface area (Å²) in [4.78, 5) is 65.6. The largest absolute Gasteiger partial charge is 0.480 e. The van der Waals surface area contributed by atoms with E-state index in [1.165, 1.54) is 17.7 Å². The van der Waals surface area contributed by atoms with Gasteiger partial charge in [0.2, 0.25) is 11.8 Å². The van der Waals surface area contributed by atoms with Gasteiger partial charge in [0.25, 0.3) is 11.9 Å². The molecule has 4 atom stereocenters. The molecule has 53 heavy (non-hydrogen) atoms. The average Bonchev–Trinajstić information content (AvgIpc) is 3.66. The molecule has 0 fully saturated rings. The second kappa shape index (κ2) is 25.8. The lowest BCUT2D eigenvalue weighted by Gasteiger charge is -2.32. The number of ketones is 1. The van der Waals surface area contributed by atoms with Crippen molar-refractivity contribution in [3.63, 3.8) is 0 Å². The van der Waals surface area contributed by atoms with Gasteiger partial charge in [-0.25, -0.2) is 4.79 Å². The molecular formula is C42H65N3O8. The van der Waals surface area contributed by atoms with Crippen molar-refractivity contribution in [1.82, 2.24) is 15.5 Å². The third-order valence-electron chi connectivity index (χ3n) is 9.72. The van der Waals surface area contributed by atoms with Crippen LogP contribution in [-0.4, -0.2) is 70.8 Å². The second-order valence-corrected chi connectivity index (χ2v) is 14.5. The minimum Gasteiger partial charge on any atom is -0.480 e. The summed E-state index contributed by atoms with van der Waals surface area (Å²) < 4.78 is 10.8. The molecule has 0 saturated heterocycles. The number of amides is 3. The van der Waals surface area contributed by atoms with Gasteiger partial charge in [-0.15, -0.1) is 0 Å². The number of unbranched alkanes of at least 4 members (excludes halogenated alkanes) is 11. The molecular weight excluding hydrogens is 674 g/mol. The number of carboxylic acids is 1. The number of hydrogen-bond donors (Lipinski definition) is 3. The van der Waals surface area contributed by atoms with Gasteiger partial charge in [0, 0.05) is 18.2 Å². The maximum atomic E-state index is 13.7. The van der Waals surface area contributed by atoms with Crippen molar-refractivity contribution >= 4 is 29.5 Å². The van der Waals surface area contributed by atoms with Gasteiger partial charge in [-0.1, -0.05) is 116 Å². The first-order valence-corrected chi connectivity index (χ1v) is 19.8. The molecule has 11 heteroatoms. The number of carbonyl (C=O) groups is 5. The molecule has 296 valence electrons. The first-order valence-electron chi connectivity index (χ1n) is 19.8. The summed E-state index contributed by atoms with van der Waals surface area (Å²) >= 11 is 0. The standard InChI is InChI=1S/C42H65N3O8/c1-6-7-26-36(42(50)51)45(41(49)32(4)43-40(48)38(31(2)3)44-39(47)34-23-19-17-20-24-34)28-21-16-14-12-10-8-9-11-13-15-18-25-35(33(5)46)30-53-37-27-22-29-52-37/h17,19-20,22-24,27,29,31-32,35-36,38H,6-16,18,21,25-26,28,30H2,1-5H3,(H,43,48)(H,44,47)(H,50,51)/t32-,35?,36-,38-/m0/s1. The van der Waals surface area contributed by atoms with E-state index in [2.05, 4.69) is 10.6 Å². The van der Waals surface area contributed by atoms with E-state index in [9.17, 15) is 29.1 Å². The number of benzene rings is 1. The van der Waals surface area contributed by atoms with Crippen LogP contribution in [0, 0.1) is 11.8 Å². The van der Waals surface area contributed by atoms with Crippen molar-refractivity contribution in [3.05, 3.63) is 54.3 Å². The second-order valence-electron chi connectivity index (χ2n) is 14.5. The molecule has 1 aromatic carbocycles. The molecule has 0 spiro atoms. The van der Waals surface area contributed by atoms with Gasteiger partial charge < -0.3 is 29.8 Å². The summed E-state index contributed by atoms with van der Waals surface area (Å²) in [5.74, 6) is -2.10. The predicted octanol–water partition coefficient (Wildman–Crippen LogP) is 7.98. The van der Waals surface area contributed by atoms with Crippen molar-refractivity contribution in [3.8, 4) is 5.95 Å². The van der Waals surface area contributed by atoms with Crippen molar-refractivity contribution in [2.75, 3.05) is 13.2 Å². The van der Waals surface area contributed by atoms with Crippen LogP contribution >= 0.6 is 0 Å². The third kappa shape index (κ3) is 17.5. The van der Waals surface area contributed by atoms with E-state index in [4.69, 9.17) is 9.15 Å². The van der Waals surface area contributed by atoms with Crippen LogP contribution in [0.4, 0.5) is 0 Å². The number of furan rings is 1. The molecule has 0 aliphatic heterocycles. The molecule has 0 bridgehead atoms. The maximum absolute atomic E-state index is 13.7. The fourth-order valence-electron chi connectivity index (χ4n) is 6.39. The van der Waals surface area contributed by atoms with Crippen molar-refractivity contribution in [1.29, 1.82) is 0 Å². The molecule has 3 amide bonds. The van der Waals surface area contributed by atoms with Crippen LogP contribution in [0.1, 0.15) is 141 Å². The Morgan fingerprint density at radius 3 is 1.91 bits per heavy atom. The molecule has 2 rings (SSSR count). The van der Waals surface area contributed by atoms with Gasteiger partial charge in [0.1, 0.15) is 30.5 Å². The highest BCUT2D eigenvalue weighted by atomic mass is 16.6. The van der Waals surface area contributed by atoms with Crippen molar-refractivity contribution < 1.29 is 38.2 Å². The summed E-state index contributed by atoms with van der Waals surface area (Å²) in [7, 11) is 0. The van der Waals surface area contributed by atoms with Gasteiger partial charge in [0.05, 0.1) is 12.2 Å². The average molecular weight is 740 g/mol. The molecule has 2 aromatic rings. The molecule has 1 unspecified atom stereocenters. The Morgan fingerprint density at radius 1 is 0.774 bits per heavy atom. The lowest BCUT2D eigenvalue weighted by molar-refractivity contribution is -0.151. The zero-order valence-electron chi connectivity index (χ0n) is 32.8. The number of nitrogens with zero attached hydrogens (tertiary/aromatic N) is 1. The number of hydrogen-bond acceptors (Lipinski definition) is 7. The zero-order chi connectivity index (χ0) is 39.0. The molecule has 0 radical (unpaired) electrons. The minimum atomic E-state index is -1.04. The summed E-state index contributed by atoms with van der Waals surface area (Å²) in [5, 5.41) is 15.6. The Morgan fingerprint density at radius 2 is 1.38 bits per heavy atom. The molecule has 11 nitrogen and oxygen atoms in total. The van der Waals surface area contributed by atoms with Crippen molar-refractivity contribution in [2.24, 2.45) is 11.8 Å². The fourth-order valence-corrected chi connectivity index (χ4v) is 6.39. The first kappa shape index (κ1) is 45.0. The Balaban J connectivity index is 1.75. The molecule has 1 aromatic heterocycles. The number of nitrogens with one attached hydrogen (secondary N) is 2. The Hall–Kier alpha value is -4.15. The SMILES string of the molecule is CCCC[C@@H](C(=O)O)N(CCCCCCCCCCCCCC(COc1ccco1)C(C)=O)C(=O)[C@H](C)NC(=O)[C@@H](NC(=O)c1ccccc1)C(C)C. The Kier molecular flexibility index (Phi) is 21.9. The lowest BCUT2D eigenvalue weighted by Crippen LogP contribution is -2.57. The number of ether oxygens (including phenoxy) is 1. The van der Waals surface area contributed by atoms with Gasteiger partial charge in [-0.3, -0.25) is 19.2 Å². The van der Waals surface area contributed by atoms with Crippen molar-refractivity contribution in [2.45, 2.75) is 149 Å². The minimum absolute atomic E-state index is 0.107. The number of Topliss-reactive ketones (excluding diaryl/α,β-unsaturated/α-hetero) is 1. The quantitative estimate of drug-likeness (QED) is 0.0710. The van der Waals surface area contributed by atoms with E-state index in [1.54, 1.807) is 62.6 Å². The highest BCUT2D eigenvalue weighted by Crippen LogP contribution is 2.19. The van der Waals surface area contributed by atoms with E-state index in [0.29, 0.717) is 43.9 Å². The van der Waals surface area contributed by atoms with Crippen LogP contribution < -0.4 is 15.4 Å². The smallest absolute Gasteiger partial charge is 0.326 e. The normalized spacial score (nSPS) is 13.5. The van der Waals surface area contributed by atoms with Crippen LogP contribution in [0.2, 0.25) is 0 Å². The van der Waals surface area contributed by atoms with Crippen LogP contribution in [0.25, 0.3) is 0 Å². The fraction of sp³-hybridized carbons (Fsp3) is 0.643. The van der Waals surface area contributed by atoms with Crippen LogP contribution in [-0.2, 0) is 19.2 Å². The summed E-state index contributed by atoms with van der Waals surface area (Å²) in [6, 6.07) is 9.33. The van der Waals surface area contributed by atoms with E-state index in [-0.39, 0.29) is 23.5 Å². The van der Waals surface area contributed by atoms with Gasteiger partial charge in [0.15, 0.2) is 0 Å². The Bertz CT molecular complexity index is 1350. The predicted molar refractivity (Wildman–Crippen MR) is 207 cm³/mol. The lowest BCUT2D eigenvalue weighted by atomic mass is 9.97. The number of aliphatic carboxylic acids is 1. The molecule has 1 heterocycles. The summed E-state index contributed by atoms with van der Waals surface area (Å²) in [5.41, 5.74) is 0.429. The Labute approximate surface area is 317 Å². The van der Waals surface area contributed by atoms with Gasteiger partial charge in [-0.05, 0) is 57.2 Å². The number of rotatable bonds is 29. The van der Waals surface area contributed by atoms with Gasteiger partial charge in [-0.2, -0.15) is 0 Å². The summed E-state index contributed by atoms with van der Waals surface area (Å²) in [6.07, 6.45) is 15.7. The van der Waals surface area contributed by atoms with E-state index >= 15 is 0 Å². The molecule has 0 aliphatic carbocycles. The van der Waals surface area contributed by atoms with Crippen LogP contribution in [0.5, 0.6) is 5.95 Å². The highest BCUT2D eigenvalue weighted by Gasteiger charge is 2.34. The van der Waals surface area contributed by atoms with Crippen LogP contribution in [0.3, 0.4) is 0 Å². The van der Waals surface area contributed by atoms with E-state index < -0.39 is 35.9 Å². The third-order valence-corrected chi connectivity index (χ3v) is 9.72. The number of carbonyl (C=O) groups excluding carboxylic acids is 4. The zero-order valence-corrected chi connectivity index (χ0v) is 32.8. The molecule has 0 saturated carbocycles. The maximum Gasteiger partial charge on any atom is 0.326 e. The van der Waals surface area contributed by atoms with Gasteiger partial charge >= 0.3 is 5.97 Å². The van der Waals surface area contributed by atoms with E-state index in [1.807, 2.05) is 20.8 Å². The molecule has 0 aliphatic rings. The number of carboxylic acid groups (broad SMARTS) is 1. The summed E-state index contributed by atoms with van der Waals surface area (Å²) in [6.45, 7) is 9.46. The topological polar surface area (TPSA) is 155 Å². The van der Waals surface area contributed by atoms with E-state index in [0.717, 1.165) is 64.2 Å². The molecule has 3 N–H and O–H groups in total. The van der Waals surface area contributed by atoms with Crippen LogP contribution in [0.15, 0.2) is 53.1 Å². The highest BCUT2D eigenvalue weighted by molar-refractivity contribution is 5.98. The monoisotopic (exact) mass is 739 g/mol. The first-order chi connectivity index (χ1) is 25.5.